The third kappa shape index (κ3) is 3.10. The fraction of sp³-hybridized carbons (Fsp3) is 0.467. The number of likely N-dealkylation sites (N-methyl/N-ethyl adjacent to an activating group) is 1. The topological polar surface area (TPSA) is 58.6 Å². The molecule has 20 heavy (non-hydrogen) atoms. The monoisotopic (exact) mass is 276 g/mol. The van der Waals surface area contributed by atoms with Crippen LogP contribution >= 0.6 is 0 Å². The van der Waals surface area contributed by atoms with E-state index in [0.717, 1.165) is 10.6 Å². The van der Waals surface area contributed by atoms with Crippen molar-refractivity contribution in [3.8, 4) is 5.75 Å². The second-order valence-corrected chi connectivity index (χ2v) is 5.39. The van der Waals surface area contributed by atoms with E-state index < -0.39 is 6.04 Å². The number of benzene rings is 1. The van der Waals surface area contributed by atoms with Gasteiger partial charge in [-0.2, -0.15) is 0 Å². The Labute approximate surface area is 118 Å². The summed E-state index contributed by atoms with van der Waals surface area (Å²) >= 11 is 0. The molecule has 1 aromatic rings. The largest absolute Gasteiger partial charge is 0.491 e. The molecule has 1 saturated heterocycles. The molecule has 2 rings (SSSR count). The van der Waals surface area contributed by atoms with Crippen LogP contribution in [0.25, 0.3) is 0 Å². The van der Waals surface area contributed by atoms with Crippen molar-refractivity contribution < 1.29 is 14.3 Å². The van der Waals surface area contributed by atoms with Gasteiger partial charge in [-0.1, -0.05) is 26.0 Å². The van der Waals surface area contributed by atoms with E-state index in [1.807, 2.05) is 24.3 Å². The molecule has 2 amide bonds. The van der Waals surface area contributed by atoms with E-state index in [2.05, 4.69) is 19.2 Å². The molecular formula is C15H20N2O3. The second-order valence-electron chi connectivity index (χ2n) is 5.39. The molecule has 1 atom stereocenters. The van der Waals surface area contributed by atoms with Gasteiger partial charge in [0, 0.05) is 7.05 Å². The summed E-state index contributed by atoms with van der Waals surface area (Å²) in [5, 5.41) is 3.11. The Morgan fingerprint density at radius 3 is 2.65 bits per heavy atom. The van der Waals surface area contributed by atoms with Crippen LogP contribution in [0.5, 0.6) is 5.75 Å². The van der Waals surface area contributed by atoms with Crippen molar-refractivity contribution in [3.05, 3.63) is 24.3 Å². The first kappa shape index (κ1) is 14.4. The number of likely N-dealkylation sites (tertiary alicyclic amines) is 1. The molecule has 1 aliphatic heterocycles. The van der Waals surface area contributed by atoms with Crippen LogP contribution in [0.15, 0.2) is 24.3 Å². The normalized spacial score (nSPS) is 18.8. The lowest BCUT2D eigenvalue weighted by atomic mass is 10.2. The summed E-state index contributed by atoms with van der Waals surface area (Å²) in [5.74, 6) is 0.765. The number of para-hydroxylation sites is 2. The van der Waals surface area contributed by atoms with Crippen LogP contribution < -0.4 is 10.1 Å². The molecular weight excluding hydrogens is 256 g/mol. The minimum Gasteiger partial charge on any atom is -0.491 e. The van der Waals surface area contributed by atoms with E-state index in [1.165, 1.54) is 7.05 Å². The Hall–Kier alpha value is -2.04. The van der Waals surface area contributed by atoms with Crippen LogP contribution in [0.2, 0.25) is 0 Å². The maximum atomic E-state index is 11.9. The molecule has 1 aromatic carbocycles. The van der Waals surface area contributed by atoms with Gasteiger partial charge in [0.1, 0.15) is 11.8 Å². The maximum Gasteiger partial charge on any atom is 0.251 e. The number of rotatable bonds is 5. The van der Waals surface area contributed by atoms with E-state index in [9.17, 15) is 9.59 Å². The molecule has 0 bridgehead atoms. The second kappa shape index (κ2) is 5.94. The van der Waals surface area contributed by atoms with Gasteiger partial charge in [0.05, 0.1) is 18.7 Å². The predicted octanol–water partition coefficient (Wildman–Crippen LogP) is 1.89. The number of nitrogens with zero attached hydrogens (tertiary/aromatic N) is 1. The van der Waals surface area contributed by atoms with Crippen molar-refractivity contribution >= 4 is 17.5 Å². The number of carbonyl (C=O) groups is 2. The van der Waals surface area contributed by atoms with E-state index >= 15 is 0 Å². The van der Waals surface area contributed by atoms with Gasteiger partial charge in [-0.15, -0.1) is 0 Å². The third-order valence-electron chi connectivity index (χ3n) is 3.17. The van der Waals surface area contributed by atoms with Crippen LogP contribution in [-0.4, -0.2) is 36.4 Å². The Bertz CT molecular complexity index is 514. The number of carbonyl (C=O) groups excluding carboxylic acids is 2. The van der Waals surface area contributed by atoms with Gasteiger partial charge in [0.25, 0.3) is 5.91 Å². The predicted molar refractivity (Wildman–Crippen MR) is 76.6 cm³/mol. The molecule has 1 heterocycles. The first-order chi connectivity index (χ1) is 9.49. The van der Waals surface area contributed by atoms with Crippen LogP contribution in [0.1, 0.15) is 20.3 Å². The van der Waals surface area contributed by atoms with Gasteiger partial charge in [0.15, 0.2) is 0 Å². The van der Waals surface area contributed by atoms with Gasteiger partial charge in [-0.05, 0) is 18.1 Å². The van der Waals surface area contributed by atoms with Crippen molar-refractivity contribution in [1.82, 2.24) is 4.90 Å². The zero-order valence-corrected chi connectivity index (χ0v) is 12.1. The Morgan fingerprint density at radius 2 is 2.05 bits per heavy atom. The number of nitrogens with one attached hydrogen (secondary N) is 1. The van der Waals surface area contributed by atoms with Crippen LogP contribution in [0.3, 0.4) is 0 Å². The molecule has 1 N–H and O–H groups in total. The zero-order chi connectivity index (χ0) is 14.7. The number of anilines is 1. The first-order valence-corrected chi connectivity index (χ1v) is 6.77. The molecule has 5 nitrogen and oxygen atoms in total. The van der Waals surface area contributed by atoms with Crippen molar-refractivity contribution in [2.24, 2.45) is 5.92 Å². The quantitative estimate of drug-likeness (QED) is 0.834. The standard InChI is InChI=1S/C15H20N2O3/c1-10(2)9-20-13-7-5-4-6-11(13)16-12-8-14(18)17(3)15(12)19/h4-7,10,12,16H,8-9H2,1-3H3. The minimum absolute atomic E-state index is 0.159. The van der Waals surface area contributed by atoms with Crippen LogP contribution in [0.4, 0.5) is 5.69 Å². The van der Waals surface area contributed by atoms with Gasteiger partial charge >= 0.3 is 0 Å². The summed E-state index contributed by atoms with van der Waals surface area (Å²) in [6.45, 7) is 4.75. The Balaban J connectivity index is 2.09. The summed E-state index contributed by atoms with van der Waals surface area (Å²) in [7, 11) is 1.51. The molecule has 0 spiro atoms. The van der Waals surface area contributed by atoms with Crippen molar-refractivity contribution in [3.63, 3.8) is 0 Å². The number of hydrogen-bond donors (Lipinski definition) is 1. The van der Waals surface area contributed by atoms with Crippen molar-refractivity contribution in [2.45, 2.75) is 26.3 Å². The summed E-state index contributed by atoms with van der Waals surface area (Å²) in [6.07, 6.45) is 0.188. The molecule has 5 heteroatoms. The van der Waals surface area contributed by atoms with E-state index in [-0.39, 0.29) is 18.2 Å². The fourth-order valence-corrected chi connectivity index (χ4v) is 2.02. The fourth-order valence-electron chi connectivity index (χ4n) is 2.02. The zero-order valence-electron chi connectivity index (χ0n) is 12.1. The molecule has 0 radical (unpaired) electrons. The van der Waals surface area contributed by atoms with Crippen LogP contribution in [0, 0.1) is 5.92 Å². The summed E-state index contributed by atoms with van der Waals surface area (Å²) in [4.78, 5) is 24.6. The number of amides is 2. The molecule has 1 fully saturated rings. The lowest BCUT2D eigenvalue weighted by molar-refractivity contribution is -0.136. The Kier molecular flexibility index (Phi) is 4.27. The summed E-state index contributed by atoms with van der Waals surface area (Å²) in [5.41, 5.74) is 0.745. The summed E-state index contributed by atoms with van der Waals surface area (Å²) in [6, 6.07) is 6.96. The third-order valence-corrected chi connectivity index (χ3v) is 3.17. The SMILES string of the molecule is CC(C)COc1ccccc1NC1CC(=O)N(C)C1=O. The highest BCUT2D eigenvalue weighted by Crippen LogP contribution is 2.27. The average molecular weight is 276 g/mol. The highest BCUT2D eigenvalue weighted by Gasteiger charge is 2.36. The van der Waals surface area contributed by atoms with Gasteiger partial charge < -0.3 is 10.1 Å². The van der Waals surface area contributed by atoms with Gasteiger partial charge in [0.2, 0.25) is 5.91 Å². The number of imide groups is 1. The average Bonchev–Trinajstić information content (AvgIpc) is 2.65. The first-order valence-electron chi connectivity index (χ1n) is 6.77. The van der Waals surface area contributed by atoms with E-state index in [0.29, 0.717) is 18.3 Å². The van der Waals surface area contributed by atoms with Crippen molar-refractivity contribution in [2.75, 3.05) is 19.0 Å². The highest BCUT2D eigenvalue weighted by molar-refractivity contribution is 6.06. The molecule has 1 unspecified atom stereocenters. The lowest BCUT2D eigenvalue weighted by Gasteiger charge is -2.17. The van der Waals surface area contributed by atoms with Crippen molar-refractivity contribution in [1.29, 1.82) is 0 Å². The molecule has 0 saturated carbocycles. The van der Waals surface area contributed by atoms with Gasteiger partial charge in [-0.3, -0.25) is 14.5 Å². The molecule has 1 aliphatic rings. The highest BCUT2D eigenvalue weighted by atomic mass is 16.5. The Morgan fingerprint density at radius 1 is 1.35 bits per heavy atom. The minimum atomic E-state index is -0.503. The van der Waals surface area contributed by atoms with Crippen LogP contribution in [-0.2, 0) is 9.59 Å². The smallest absolute Gasteiger partial charge is 0.251 e. The summed E-state index contributed by atoms with van der Waals surface area (Å²) < 4.78 is 5.73. The van der Waals surface area contributed by atoms with E-state index in [4.69, 9.17) is 4.74 Å². The van der Waals surface area contributed by atoms with Gasteiger partial charge in [-0.25, -0.2) is 0 Å². The molecule has 0 aromatic heterocycles. The lowest BCUT2D eigenvalue weighted by Crippen LogP contribution is -2.31. The van der Waals surface area contributed by atoms with E-state index in [1.54, 1.807) is 0 Å². The maximum absolute atomic E-state index is 11.9. The molecule has 0 aliphatic carbocycles. The number of ether oxygens (including phenoxy) is 1. The molecule has 108 valence electrons. The number of hydrogen-bond acceptors (Lipinski definition) is 4.